The molecule has 3 rings (SSSR count). The zero-order valence-corrected chi connectivity index (χ0v) is 13.8. The number of rotatable bonds is 5. The molecule has 1 aliphatic heterocycles. The maximum atomic E-state index is 12.1. The average molecular weight is 333 g/mol. The smallest absolute Gasteiger partial charge is 0.287 e. The van der Waals surface area contributed by atoms with E-state index in [9.17, 15) is 4.79 Å². The Hall–Kier alpha value is -1.78. The quantitative estimate of drug-likeness (QED) is 0.903. The first-order chi connectivity index (χ1) is 11.2. The van der Waals surface area contributed by atoms with E-state index >= 15 is 0 Å². The number of amides is 1. The molecule has 5 heteroatoms. The minimum Gasteiger partial charge on any atom is -0.459 e. The van der Waals surface area contributed by atoms with Crippen LogP contribution >= 0.6 is 11.6 Å². The first kappa shape index (κ1) is 16.1. The zero-order chi connectivity index (χ0) is 16.1. The van der Waals surface area contributed by atoms with Crippen LogP contribution in [0.4, 0.5) is 0 Å². The lowest BCUT2D eigenvalue weighted by atomic mass is 10.0. The molecule has 2 heterocycles. The average Bonchev–Trinajstić information content (AvgIpc) is 3.12. The first-order valence-electron chi connectivity index (χ1n) is 8.05. The zero-order valence-electron chi connectivity index (χ0n) is 13.0. The molecule has 23 heavy (non-hydrogen) atoms. The number of hydrogen-bond donors (Lipinski definition) is 1. The van der Waals surface area contributed by atoms with Crippen molar-refractivity contribution in [3.8, 4) is 0 Å². The van der Waals surface area contributed by atoms with Crippen LogP contribution in [0.1, 0.15) is 41.4 Å². The van der Waals surface area contributed by atoms with Crippen molar-refractivity contribution < 1.29 is 9.21 Å². The Morgan fingerprint density at radius 2 is 1.91 bits per heavy atom. The molecule has 0 saturated carbocycles. The van der Waals surface area contributed by atoms with Gasteiger partial charge < -0.3 is 9.73 Å². The van der Waals surface area contributed by atoms with E-state index in [0.29, 0.717) is 12.3 Å². The summed E-state index contributed by atoms with van der Waals surface area (Å²) >= 11 is 6.00. The van der Waals surface area contributed by atoms with Gasteiger partial charge in [0.25, 0.3) is 5.91 Å². The summed E-state index contributed by atoms with van der Waals surface area (Å²) in [5.41, 5.74) is 1.18. The molecule has 1 aromatic heterocycles. The number of carbonyl (C=O) groups excluding carboxylic acids is 1. The molecule has 1 N–H and O–H groups in total. The second-order valence-electron chi connectivity index (χ2n) is 5.85. The Balaban J connectivity index is 1.72. The summed E-state index contributed by atoms with van der Waals surface area (Å²) in [6, 6.07) is 11.4. The van der Waals surface area contributed by atoms with E-state index in [1.807, 2.05) is 24.3 Å². The highest BCUT2D eigenvalue weighted by atomic mass is 35.5. The van der Waals surface area contributed by atoms with Gasteiger partial charge in [0.15, 0.2) is 5.76 Å². The summed E-state index contributed by atoms with van der Waals surface area (Å²) in [6.07, 6.45) is 5.20. The maximum absolute atomic E-state index is 12.1. The fourth-order valence-corrected chi connectivity index (χ4v) is 3.18. The van der Waals surface area contributed by atoms with E-state index < -0.39 is 0 Å². The van der Waals surface area contributed by atoms with E-state index in [0.717, 1.165) is 18.1 Å². The van der Waals surface area contributed by atoms with Gasteiger partial charge in [0.1, 0.15) is 0 Å². The van der Waals surface area contributed by atoms with Crippen LogP contribution in [-0.2, 0) is 0 Å². The molecule has 1 atom stereocenters. The van der Waals surface area contributed by atoms with Gasteiger partial charge in [-0.15, -0.1) is 0 Å². The summed E-state index contributed by atoms with van der Waals surface area (Å²) < 4.78 is 5.15. The highest BCUT2D eigenvalue weighted by Gasteiger charge is 2.23. The lowest BCUT2D eigenvalue weighted by molar-refractivity contribution is 0.0897. The predicted octanol–water partition coefficient (Wildman–Crippen LogP) is 3.89. The Kier molecular flexibility index (Phi) is 5.36. The van der Waals surface area contributed by atoms with Crippen molar-refractivity contribution in [1.82, 2.24) is 10.2 Å². The summed E-state index contributed by atoms with van der Waals surface area (Å²) in [5.74, 6) is 0.171. The van der Waals surface area contributed by atoms with Crippen LogP contribution in [0.3, 0.4) is 0 Å². The van der Waals surface area contributed by atoms with Crippen LogP contribution in [0.2, 0.25) is 5.02 Å². The van der Waals surface area contributed by atoms with Gasteiger partial charge in [-0.25, -0.2) is 0 Å². The van der Waals surface area contributed by atoms with Gasteiger partial charge in [-0.2, -0.15) is 0 Å². The number of hydrogen-bond acceptors (Lipinski definition) is 3. The topological polar surface area (TPSA) is 45.5 Å². The van der Waals surface area contributed by atoms with Crippen molar-refractivity contribution >= 4 is 17.5 Å². The fourth-order valence-electron chi connectivity index (χ4n) is 3.06. The Labute approximate surface area is 141 Å². The van der Waals surface area contributed by atoms with Crippen LogP contribution in [0.15, 0.2) is 47.1 Å². The molecule has 4 nitrogen and oxygen atoms in total. The molecule has 1 amide bonds. The predicted molar refractivity (Wildman–Crippen MR) is 90.7 cm³/mol. The molecule has 0 bridgehead atoms. The van der Waals surface area contributed by atoms with Gasteiger partial charge in [0.2, 0.25) is 0 Å². The number of likely N-dealkylation sites (tertiary alicyclic amines) is 1. The van der Waals surface area contributed by atoms with E-state index in [1.54, 1.807) is 12.1 Å². The lowest BCUT2D eigenvalue weighted by Crippen LogP contribution is -2.40. The molecule has 1 fully saturated rings. The highest BCUT2D eigenvalue weighted by molar-refractivity contribution is 6.30. The molecule has 0 spiro atoms. The molecule has 122 valence electrons. The Morgan fingerprint density at radius 1 is 1.17 bits per heavy atom. The largest absolute Gasteiger partial charge is 0.459 e. The summed E-state index contributed by atoms with van der Waals surface area (Å²) in [6.45, 7) is 2.68. The molecular weight excluding hydrogens is 312 g/mol. The second-order valence-corrected chi connectivity index (χ2v) is 6.29. The van der Waals surface area contributed by atoms with E-state index in [1.165, 1.54) is 31.1 Å². The lowest BCUT2D eigenvalue weighted by Gasteiger charge is -2.35. The molecule has 0 aliphatic carbocycles. The summed E-state index contributed by atoms with van der Waals surface area (Å²) in [4.78, 5) is 14.6. The number of halogens is 1. The number of carbonyl (C=O) groups is 1. The van der Waals surface area contributed by atoms with E-state index in [-0.39, 0.29) is 11.9 Å². The van der Waals surface area contributed by atoms with Crippen molar-refractivity contribution in [2.45, 2.75) is 25.3 Å². The third kappa shape index (κ3) is 4.15. The van der Waals surface area contributed by atoms with Gasteiger partial charge >= 0.3 is 0 Å². The normalized spacial score (nSPS) is 16.9. The molecule has 1 aliphatic rings. The van der Waals surface area contributed by atoms with Crippen molar-refractivity contribution in [2.24, 2.45) is 0 Å². The van der Waals surface area contributed by atoms with Gasteiger partial charge in [0.05, 0.1) is 12.3 Å². The molecule has 2 aromatic rings. The third-order valence-electron chi connectivity index (χ3n) is 4.29. The highest BCUT2D eigenvalue weighted by Crippen LogP contribution is 2.25. The minimum atomic E-state index is -0.175. The first-order valence-corrected chi connectivity index (χ1v) is 8.43. The summed E-state index contributed by atoms with van der Waals surface area (Å²) in [7, 11) is 0. The number of furan rings is 1. The molecule has 1 aromatic carbocycles. The monoisotopic (exact) mass is 332 g/mol. The number of benzene rings is 1. The minimum absolute atomic E-state index is 0.159. The second kappa shape index (κ2) is 7.66. The Bertz CT molecular complexity index is 619. The third-order valence-corrected chi connectivity index (χ3v) is 4.54. The van der Waals surface area contributed by atoms with Crippen molar-refractivity contribution in [1.29, 1.82) is 0 Å². The van der Waals surface area contributed by atoms with Crippen LogP contribution < -0.4 is 5.32 Å². The van der Waals surface area contributed by atoms with Gasteiger partial charge in [-0.1, -0.05) is 30.2 Å². The van der Waals surface area contributed by atoms with Crippen LogP contribution in [0.25, 0.3) is 0 Å². The van der Waals surface area contributed by atoms with Crippen molar-refractivity contribution in [2.75, 3.05) is 19.6 Å². The number of nitrogens with one attached hydrogen (secondary N) is 1. The Morgan fingerprint density at radius 3 is 2.57 bits per heavy atom. The number of piperidine rings is 1. The van der Waals surface area contributed by atoms with Crippen LogP contribution in [-0.4, -0.2) is 30.4 Å². The number of nitrogens with zero attached hydrogens (tertiary/aromatic N) is 1. The fraction of sp³-hybridized carbons (Fsp3) is 0.389. The SMILES string of the molecule is O=C(NCC(c1ccc(Cl)cc1)N1CCCCC1)c1ccco1. The standard InChI is InChI=1S/C18H21ClN2O2/c19-15-8-6-14(7-9-15)16(21-10-2-1-3-11-21)13-20-18(22)17-5-4-12-23-17/h4-9,12,16H,1-3,10-11,13H2,(H,20,22). The van der Waals surface area contributed by atoms with Gasteiger partial charge in [-0.05, 0) is 55.8 Å². The van der Waals surface area contributed by atoms with Crippen LogP contribution in [0.5, 0.6) is 0 Å². The maximum Gasteiger partial charge on any atom is 0.287 e. The molecule has 1 unspecified atom stereocenters. The van der Waals surface area contributed by atoms with Crippen molar-refractivity contribution in [3.05, 3.63) is 59.0 Å². The molecule has 1 saturated heterocycles. The van der Waals surface area contributed by atoms with Gasteiger partial charge in [0, 0.05) is 11.6 Å². The van der Waals surface area contributed by atoms with E-state index in [4.69, 9.17) is 16.0 Å². The van der Waals surface area contributed by atoms with Crippen molar-refractivity contribution in [3.63, 3.8) is 0 Å². The molecule has 0 radical (unpaired) electrons. The molecular formula is C18H21ClN2O2. The van der Waals surface area contributed by atoms with Crippen LogP contribution in [0, 0.1) is 0 Å². The van der Waals surface area contributed by atoms with Gasteiger partial charge in [-0.3, -0.25) is 9.69 Å². The van der Waals surface area contributed by atoms with E-state index in [2.05, 4.69) is 10.2 Å². The summed E-state index contributed by atoms with van der Waals surface area (Å²) in [5, 5.41) is 3.72.